The lowest BCUT2D eigenvalue weighted by Gasteiger charge is -2.17. The van der Waals surface area contributed by atoms with Crippen LogP contribution >= 0.6 is 0 Å². The van der Waals surface area contributed by atoms with Crippen LogP contribution in [0.5, 0.6) is 0 Å². The molecule has 1 aromatic heterocycles. The van der Waals surface area contributed by atoms with Crippen molar-refractivity contribution in [2.24, 2.45) is 5.92 Å². The lowest BCUT2D eigenvalue weighted by molar-refractivity contribution is -0.139. The molecule has 0 aliphatic carbocycles. The molecule has 8 heteroatoms. The van der Waals surface area contributed by atoms with Crippen LogP contribution in [0.3, 0.4) is 0 Å². The van der Waals surface area contributed by atoms with Crippen molar-refractivity contribution in [1.29, 1.82) is 0 Å². The van der Waals surface area contributed by atoms with E-state index in [1.165, 1.54) is 4.57 Å². The number of alkyl halides is 3. The molecule has 0 N–H and O–H groups in total. The molecule has 0 bridgehead atoms. The van der Waals surface area contributed by atoms with E-state index in [0.717, 1.165) is 13.3 Å². The van der Waals surface area contributed by atoms with Crippen molar-refractivity contribution in [1.82, 2.24) is 4.57 Å². The summed E-state index contributed by atoms with van der Waals surface area (Å²) in [5, 5.41) is -0.302. The van der Waals surface area contributed by atoms with Crippen LogP contribution in [-0.4, -0.2) is 17.6 Å². The molecule has 2 aromatic rings. The molecule has 1 aromatic carbocycles. The van der Waals surface area contributed by atoms with Gasteiger partial charge in [-0.25, -0.2) is 9.18 Å². The zero-order valence-corrected chi connectivity index (χ0v) is 13.2. The van der Waals surface area contributed by atoms with Gasteiger partial charge < -0.3 is 9.30 Å². The van der Waals surface area contributed by atoms with Crippen LogP contribution in [0.2, 0.25) is 0 Å². The number of hydrogen-bond donors (Lipinski definition) is 0. The number of hydrogen-bond acceptors (Lipinski definition) is 3. The fourth-order valence-electron chi connectivity index (χ4n) is 2.43. The maximum Gasteiger partial charge on any atom is 0.419 e. The number of benzene rings is 1. The fraction of sp³-hybridized carbons (Fsp3) is 0.375. The smallest absolute Gasteiger partial charge is 0.419 e. The van der Waals surface area contributed by atoms with Crippen LogP contribution in [0.25, 0.3) is 10.9 Å². The highest BCUT2D eigenvalue weighted by atomic mass is 19.4. The van der Waals surface area contributed by atoms with Crippen LogP contribution in [0.15, 0.2) is 23.1 Å². The number of carbonyl (C=O) groups is 1. The highest BCUT2D eigenvalue weighted by Gasteiger charge is 2.35. The van der Waals surface area contributed by atoms with E-state index in [2.05, 4.69) is 4.74 Å². The SMILES string of the molecule is COC(=O)c1cn(CC(C)C)c2cc(C(F)(F)F)c(F)cc2c1=O. The van der Waals surface area contributed by atoms with Crippen LogP contribution in [-0.2, 0) is 17.5 Å². The Hall–Kier alpha value is -2.38. The predicted molar refractivity (Wildman–Crippen MR) is 79.3 cm³/mol. The van der Waals surface area contributed by atoms with E-state index in [-0.39, 0.29) is 28.9 Å². The number of esters is 1. The maximum absolute atomic E-state index is 13.8. The largest absolute Gasteiger partial charge is 0.465 e. The lowest BCUT2D eigenvalue weighted by atomic mass is 10.1. The number of methoxy groups -OCH3 is 1. The van der Waals surface area contributed by atoms with Crippen LogP contribution < -0.4 is 5.43 Å². The lowest BCUT2D eigenvalue weighted by Crippen LogP contribution is -2.22. The van der Waals surface area contributed by atoms with Crippen LogP contribution in [0, 0.1) is 11.7 Å². The second-order valence-corrected chi connectivity index (χ2v) is 5.76. The topological polar surface area (TPSA) is 48.3 Å². The van der Waals surface area contributed by atoms with Gasteiger partial charge in [-0.1, -0.05) is 13.8 Å². The second kappa shape index (κ2) is 6.26. The standard InChI is InChI=1S/C16H15F4NO3/c1-8(2)6-21-7-10(15(23)24-3)14(22)9-4-12(17)11(5-13(9)21)16(18,19)20/h4-5,7-8H,6H2,1-3H3. The van der Waals surface area contributed by atoms with Gasteiger partial charge in [-0.05, 0) is 18.1 Å². The summed E-state index contributed by atoms with van der Waals surface area (Å²) in [7, 11) is 1.08. The fourth-order valence-corrected chi connectivity index (χ4v) is 2.43. The Morgan fingerprint density at radius 2 is 1.92 bits per heavy atom. The number of rotatable bonds is 3. The van der Waals surface area contributed by atoms with Crippen molar-refractivity contribution < 1.29 is 27.1 Å². The number of ether oxygens (including phenoxy) is 1. The number of aromatic nitrogens is 1. The average Bonchev–Trinajstić information content (AvgIpc) is 2.47. The molecule has 0 amide bonds. The quantitative estimate of drug-likeness (QED) is 0.631. The molecule has 0 radical (unpaired) electrons. The van der Waals surface area contributed by atoms with E-state index in [4.69, 9.17) is 0 Å². The summed E-state index contributed by atoms with van der Waals surface area (Å²) >= 11 is 0. The minimum Gasteiger partial charge on any atom is -0.465 e. The molecule has 130 valence electrons. The third kappa shape index (κ3) is 3.27. The van der Waals surface area contributed by atoms with Gasteiger partial charge in [0, 0.05) is 18.1 Å². The Morgan fingerprint density at radius 3 is 2.42 bits per heavy atom. The third-order valence-electron chi connectivity index (χ3n) is 3.44. The van der Waals surface area contributed by atoms with Crippen molar-refractivity contribution in [2.75, 3.05) is 7.11 Å². The highest BCUT2D eigenvalue weighted by Crippen LogP contribution is 2.33. The molecule has 0 saturated heterocycles. The van der Waals surface area contributed by atoms with Gasteiger partial charge in [-0.3, -0.25) is 4.79 Å². The molecule has 0 aliphatic heterocycles. The summed E-state index contributed by atoms with van der Waals surface area (Å²) in [6, 6.07) is 1.11. The first-order valence-electron chi connectivity index (χ1n) is 7.08. The van der Waals surface area contributed by atoms with Crippen molar-refractivity contribution in [2.45, 2.75) is 26.6 Å². The minimum atomic E-state index is -4.89. The number of halogens is 4. The Kier molecular flexibility index (Phi) is 4.68. The van der Waals surface area contributed by atoms with Crippen LogP contribution in [0.1, 0.15) is 29.8 Å². The molecule has 2 rings (SSSR count). The number of nitrogens with zero attached hydrogens (tertiary/aromatic N) is 1. The molecule has 0 saturated carbocycles. The Labute approximate surface area is 134 Å². The van der Waals surface area contributed by atoms with Crippen molar-refractivity contribution >= 4 is 16.9 Å². The molecule has 0 fully saturated rings. The Balaban J connectivity index is 2.90. The summed E-state index contributed by atoms with van der Waals surface area (Å²) < 4.78 is 58.5. The molecule has 0 atom stereocenters. The zero-order valence-electron chi connectivity index (χ0n) is 13.2. The van der Waals surface area contributed by atoms with E-state index in [0.29, 0.717) is 12.1 Å². The molecular weight excluding hydrogens is 330 g/mol. The van der Waals surface area contributed by atoms with E-state index in [1.54, 1.807) is 0 Å². The molecule has 4 nitrogen and oxygen atoms in total. The van der Waals surface area contributed by atoms with Gasteiger partial charge in [-0.2, -0.15) is 13.2 Å². The molecule has 0 unspecified atom stereocenters. The van der Waals surface area contributed by atoms with Gasteiger partial charge in [0.15, 0.2) is 0 Å². The highest BCUT2D eigenvalue weighted by molar-refractivity contribution is 5.93. The first-order valence-corrected chi connectivity index (χ1v) is 7.08. The number of carbonyl (C=O) groups excluding carboxylic acids is 1. The first kappa shape index (κ1) is 18.0. The zero-order chi connectivity index (χ0) is 18.2. The van der Waals surface area contributed by atoms with Crippen molar-refractivity contribution in [3.05, 3.63) is 45.5 Å². The van der Waals surface area contributed by atoms with Gasteiger partial charge in [0.05, 0.1) is 18.2 Å². The van der Waals surface area contributed by atoms with E-state index < -0.39 is 29.0 Å². The molecule has 1 heterocycles. The van der Waals surface area contributed by atoms with Crippen molar-refractivity contribution in [3.8, 4) is 0 Å². The maximum atomic E-state index is 13.8. The van der Waals surface area contributed by atoms with E-state index in [9.17, 15) is 27.2 Å². The minimum absolute atomic E-state index is 0.0144. The van der Waals surface area contributed by atoms with Gasteiger partial charge >= 0.3 is 12.1 Å². The molecule has 0 spiro atoms. The predicted octanol–water partition coefficient (Wildman–Crippen LogP) is 3.60. The first-order chi connectivity index (χ1) is 11.1. The van der Waals surface area contributed by atoms with Gasteiger partial charge in [-0.15, -0.1) is 0 Å². The summed E-state index contributed by atoms with van der Waals surface area (Å²) in [6.07, 6.45) is -3.74. The summed E-state index contributed by atoms with van der Waals surface area (Å²) in [5.41, 5.74) is -2.78. The molecule has 24 heavy (non-hydrogen) atoms. The van der Waals surface area contributed by atoms with Crippen molar-refractivity contribution in [3.63, 3.8) is 0 Å². The Morgan fingerprint density at radius 1 is 1.29 bits per heavy atom. The number of pyridine rings is 1. The van der Waals surface area contributed by atoms with Gasteiger partial charge in [0.2, 0.25) is 5.43 Å². The van der Waals surface area contributed by atoms with Gasteiger partial charge in [0.25, 0.3) is 0 Å². The number of fused-ring (bicyclic) bond motifs is 1. The normalized spacial score (nSPS) is 12.0. The molecular formula is C16H15F4NO3. The average molecular weight is 345 g/mol. The summed E-state index contributed by atoms with van der Waals surface area (Å²) in [6.45, 7) is 3.87. The van der Waals surface area contributed by atoms with E-state index in [1.807, 2.05) is 13.8 Å². The van der Waals surface area contributed by atoms with Gasteiger partial charge in [0.1, 0.15) is 11.4 Å². The van der Waals surface area contributed by atoms with Crippen LogP contribution in [0.4, 0.5) is 17.6 Å². The Bertz CT molecular complexity index is 853. The molecule has 0 aliphatic rings. The second-order valence-electron chi connectivity index (χ2n) is 5.76. The van der Waals surface area contributed by atoms with E-state index >= 15 is 0 Å². The summed E-state index contributed by atoms with van der Waals surface area (Å²) in [4.78, 5) is 24.0. The summed E-state index contributed by atoms with van der Waals surface area (Å²) in [5.74, 6) is -2.48. The third-order valence-corrected chi connectivity index (χ3v) is 3.44. The monoisotopic (exact) mass is 345 g/mol.